The van der Waals surface area contributed by atoms with Crippen LogP contribution in [0.15, 0.2) is 52.4 Å². The maximum Gasteiger partial charge on any atom is 0.177 e. The summed E-state index contributed by atoms with van der Waals surface area (Å²) in [5.41, 5.74) is 1.93. The zero-order valence-electron chi connectivity index (χ0n) is 13.3. The molecule has 2 N–H and O–H groups in total. The molecule has 124 valence electrons. The van der Waals surface area contributed by atoms with Crippen LogP contribution in [0.4, 0.5) is 5.69 Å². The molecule has 2 aromatic heterocycles. The minimum atomic E-state index is 0.359. The fourth-order valence-corrected chi connectivity index (χ4v) is 3.83. The molecule has 1 aliphatic heterocycles. The molecule has 6 heteroatoms. The molecule has 1 saturated heterocycles. The summed E-state index contributed by atoms with van der Waals surface area (Å²) in [5, 5.41) is 16.2. The number of aromatic hydroxyl groups is 1. The molecule has 1 aromatic carbocycles. The smallest absolute Gasteiger partial charge is 0.177 e. The fourth-order valence-electron chi connectivity index (χ4n) is 3.16. The number of hydrogen-bond donors (Lipinski definition) is 2. The van der Waals surface area contributed by atoms with E-state index in [4.69, 9.17) is 4.52 Å². The highest BCUT2D eigenvalue weighted by molar-refractivity contribution is 7.13. The average molecular weight is 342 g/mol. The van der Waals surface area contributed by atoms with Gasteiger partial charge in [0.05, 0.1) is 36.7 Å². The summed E-state index contributed by atoms with van der Waals surface area (Å²) in [6.07, 6.45) is 0. The number of nitrogens with zero attached hydrogens (tertiary/aromatic N) is 2. The summed E-state index contributed by atoms with van der Waals surface area (Å²) in [4.78, 5) is 4.86. The molecule has 1 aliphatic rings. The first-order chi connectivity index (χ1) is 11.8. The molecule has 0 atom stereocenters. The third-order valence-electron chi connectivity index (χ3n) is 4.45. The van der Waals surface area contributed by atoms with Gasteiger partial charge in [-0.3, -0.25) is 0 Å². The largest absolute Gasteiger partial charge is 0.506 e. The van der Waals surface area contributed by atoms with E-state index < -0.39 is 0 Å². The van der Waals surface area contributed by atoms with E-state index in [9.17, 15) is 5.11 Å². The number of nitrogens with one attached hydrogen (secondary N) is 1. The molecule has 4 rings (SSSR count). The van der Waals surface area contributed by atoms with Crippen molar-refractivity contribution in [2.75, 3.05) is 31.1 Å². The number of piperazine rings is 1. The lowest BCUT2D eigenvalue weighted by Crippen LogP contribution is -3.13. The van der Waals surface area contributed by atoms with Gasteiger partial charge in [0.1, 0.15) is 18.0 Å². The Hall–Kier alpha value is -2.31. The maximum absolute atomic E-state index is 9.99. The molecule has 0 bridgehead atoms. The van der Waals surface area contributed by atoms with Gasteiger partial charge in [0.25, 0.3) is 0 Å². The molecule has 3 heterocycles. The lowest BCUT2D eigenvalue weighted by molar-refractivity contribution is -0.914. The third-order valence-corrected chi connectivity index (χ3v) is 5.33. The van der Waals surface area contributed by atoms with E-state index in [-0.39, 0.29) is 0 Å². The van der Waals surface area contributed by atoms with Crippen LogP contribution in [0.3, 0.4) is 0 Å². The number of anilines is 1. The second-order valence-electron chi connectivity index (χ2n) is 6.06. The molecule has 0 amide bonds. The molecule has 5 nitrogen and oxygen atoms in total. The number of para-hydroxylation sites is 2. The SMILES string of the molecule is Oc1ccccc1N1CC[NH+](Cc2cc(-c3cccs3)on2)CC1. The number of hydrogen-bond acceptors (Lipinski definition) is 5. The van der Waals surface area contributed by atoms with E-state index in [1.54, 1.807) is 17.4 Å². The first kappa shape index (κ1) is 15.2. The number of rotatable bonds is 4. The summed E-state index contributed by atoms with van der Waals surface area (Å²) in [6, 6.07) is 13.7. The summed E-state index contributed by atoms with van der Waals surface area (Å²) in [7, 11) is 0. The molecular weight excluding hydrogens is 322 g/mol. The monoisotopic (exact) mass is 342 g/mol. The van der Waals surface area contributed by atoms with Crippen LogP contribution < -0.4 is 9.80 Å². The van der Waals surface area contributed by atoms with Crippen LogP contribution in [0.2, 0.25) is 0 Å². The van der Waals surface area contributed by atoms with Crippen molar-refractivity contribution in [3.05, 3.63) is 53.5 Å². The Balaban J connectivity index is 1.36. The Kier molecular flexibility index (Phi) is 4.23. The number of benzene rings is 1. The van der Waals surface area contributed by atoms with Gasteiger partial charge >= 0.3 is 0 Å². The minimum Gasteiger partial charge on any atom is -0.506 e. The van der Waals surface area contributed by atoms with E-state index in [1.165, 1.54) is 4.90 Å². The highest BCUT2D eigenvalue weighted by Gasteiger charge is 2.23. The molecule has 0 radical (unpaired) electrons. The quantitative estimate of drug-likeness (QED) is 0.762. The van der Waals surface area contributed by atoms with Crippen molar-refractivity contribution in [2.45, 2.75) is 6.54 Å². The van der Waals surface area contributed by atoms with Gasteiger partial charge in [-0.15, -0.1) is 11.3 Å². The lowest BCUT2D eigenvalue weighted by Gasteiger charge is -2.33. The average Bonchev–Trinajstić information content (AvgIpc) is 3.27. The zero-order valence-corrected chi connectivity index (χ0v) is 14.1. The second-order valence-corrected chi connectivity index (χ2v) is 7.01. The van der Waals surface area contributed by atoms with Gasteiger partial charge in [-0.05, 0) is 23.6 Å². The van der Waals surface area contributed by atoms with Crippen molar-refractivity contribution in [3.63, 3.8) is 0 Å². The second kappa shape index (κ2) is 6.67. The van der Waals surface area contributed by atoms with Crippen LogP contribution in [-0.2, 0) is 6.54 Å². The Morgan fingerprint density at radius 1 is 1.17 bits per heavy atom. The standard InChI is InChI=1S/C18H19N3O2S/c22-16-5-2-1-4-15(16)21-9-7-20(8-10-21)13-14-12-17(23-19-14)18-6-3-11-24-18/h1-6,11-12,22H,7-10,13H2/p+1. The first-order valence-corrected chi connectivity index (χ1v) is 9.03. The Bertz CT molecular complexity index is 792. The molecule has 1 fully saturated rings. The summed E-state index contributed by atoms with van der Waals surface area (Å²) in [5.74, 6) is 1.21. The molecule has 24 heavy (non-hydrogen) atoms. The predicted octanol–water partition coefficient (Wildman–Crippen LogP) is 2.01. The van der Waals surface area contributed by atoms with Crippen LogP contribution in [0, 0.1) is 0 Å². The predicted molar refractivity (Wildman–Crippen MR) is 94.5 cm³/mol. The van der Waals surface area contributed by atoms with E-state index in [2.05, 4.69) is 10.1 Å². The highest BCUT2D eigenvalue weighted by atomic mass is 32.1. The molecule has 0 saturated carbocycles. The highest BCUT2D eigenvalue weighted by Crippen LogP contribution is 2.26. The number of quaternary nitrogens is 1. The van der Waals surface area contributed by atoms with Gasteiger partial charge in [0.2, 0.25) is 0 Å². The third kappa shape index (κ3) is 3.16. The molecule has 3 aromatic rings. The summed E-state index contributed by atoms with van der Waals surface area (Å²) < 4.78 is 5.46. The van der Waals surface area contributed by atoms with Crippen molar-refractivity contribution in [2.24, 2.45) is 0 Å². The first-order valence-electron chi connectivity index (χ1n) is 8.15. The zero-order chi connectivity index (χ0) is 16.4. The van der Waals surface area contributed by atoms with Crippen molar-refractivity contribution in [1.29, 1.82) is 0 Å². The summed E-state index contributed by atoms with van der Waals surface area (Å²) in [6.45, 7) is 4.79. The summed E-state index contributed by atoms with van der Waals surface area (Å²) >= 11 is 1.66. The van der Waals surface area contributed by atoms with Gasteiger partial charge < -0.3 is 19.4 Å². The lowest BCUT2D eigenvalue weighted by atomic mass is 10.2. The van der Waals surface area contributed by atoms with Crippen LogP contribution >= 0.6 is 11.3 Å². The topological polar surface area (TPSA) is 53.9 Å². The molecular formula is C18H20N3O2S+. The van der Waals surface area contributed by atoms with Crippen LogP contribution in [-0.4, -0.2) is 36.4 Å². The van der Waals surface area contributed by atoms with E-state index in [1.807, 2.05) is 41.8 Å². The van der Waals surface area contributed by atoms with Gasteiger partial charge in [0, 0.05) is 6.07 Å². The molecule has 0 aliphatic carbocycles. The van der Waals surface area contributed by atoms with E-state index in [0.717, 1.165) is 54.7 Å². The van der Waals surface area contributed by atoms with Crippen LogP contribution in [0.1, 0.15) is 5.69 Å². The van der Waals surface area contributed by atoms with E-state index >= 15 is 0 Å². The van der Waals surface area contributed by atoms with Crippen molar-refractivity contribution < 1.29 is 14.5 Å². The Morgan fingerprint density at radius 2 is 2.00 bits per heavy atom. The van der Waals surface area contributed by atoms with Gasteiger partial charge in [-0.25, -0.2) is 0 Å². The minimum absolute atomic E-state index is 0.359. The van der Waals surface area contributed by atoms with Crippen LogP contribution in [0.5, 0.6) is 5.75 Å². The fraction of sp³-hybridized carbons (Fsp3) is 0.278. The Morgan fingerprint density at radius 3 is 2.75 bits per heavy atom. The number of phenols is 1. The van der Waals surface area contributed by atoms with Gasteiger partial charge in [0.15, 0.2) is 5.76 Å². The maximum atomic E-state index is 9.99. The Labute approximate surface area is 144 Å². The van der Waals surface area contributed by atoms with Gasteiger partial charge in [-0.2, -0.15) is 0 Å². The molecule has 0 spiro atoms. The van der Waals surface area contributed by atoms with Crippen molar-refractivity contribution in [1.82, 2.24) is 5.16 Å². The van der Waals surface area contributed by atoms with Gasteiger partial charge in [-0.1, -0.05) is 23.4 Å². The number of thiophene rings is 1. The van der Waals surface area contributed by atoms with Crippen molar-refractivity contribution >= 4 is 17.0 Å². The van der Waals surface area contributed by atoms with Crippen molar-refractivity contribution in [3.8, 4) is 16.4 Å². The normalized spacial score (nSPS) is 15.8. The molecule has 0 unspecified atom stereocenters. The van der Waals surface area contributed by atoms with Crippen LogP contribution in [0.25, 0.3) is 10.6 Å². The number of aromatic nitrogens is 1. The number of phenolic OH excluding ortho intramolecular Hbond substituents is 1. The van der Waals surface area contributed by atoms with E-state index in [0.29, 0.717) is 5.75 Å².